The molecule has 4 rings (SSSR count). The van der Waals surface area contributed by atoms with Crippen LogP contribution in [0.3, 0.4) is 0 Å². The minimum absolute atomic E-state index is 0.621. The van der Waals surface area contributed by atoms with E-state index in [1.54, 1.807) is 0 Å². The first-order chi connectivity index (χ1) is 11.7. The standard InChI is InChI=1S/C19H17N5/c1-13-8-17(22-21-13)14-9-15(20-2)11-16(10-14)24-12-23(3)18-6-4-5-7-19(18)24/h4-11H,12H2,1,3H3,(H,21,22). The molecule has 1 N–H and O–H groups in total. The van der Waals surface area contributed by atoms with Gasteiger partial charge in [-0.2, -0.15) is 5.10 Å². The molecule has 0 amide bonds. The van der Waals surface area contributed by atoms with Gasteiger partial charge in [-0.05, 0) is 48.9 Å². The van der Waals surface area contributed by atoms with Crippen molar-refractivity contribution in [1.82, 2.24) is 10.2 Å². The molecule has 0 saturated carbocycles. The van der Waals surface area contributed by atoms with Gasteiger partial charge in [0.1, 0.15) is 0 Å². The van der Waals surface area contributed by atoms with Gasteiger partial charge < -0.3 is 9.80 Å². The summed E-state index contributed by atoms with van der Waals surface area (Å²) in [5.41, 5.74) is 6.81. The van der Waals surface area contributed by atoms with Gasteiger partial charge in [0.15, 0.2) is 5.69 Å². The molecule has 0 fully saturated rings. The lowest BCUT2D eigenvalue weighted by atomic mass is 10.1. The Kier molecular flexibility index (Phi) is 3.24. The molecule has 24 heavy (non-hydrogen) atoms. The lowest BCUT2D eigenvalue weighted by Gasteiger charge is -2.20. The topological polar surface area (TPSA) is 39.5 Å². The number of para-hydroxylation sites is 2. The molecule has 5 nitrogen and oxygen atoms in total. The van der Waals surface area contributed by atoms with Crippen LogP contribution in [-0.4, -0.2) is 23.9 Å². The quantitative estimate of drug-likeness (QED) is 0.709. The monoisotopic (exact) mass is 315 g/mol. The summed E-state index contributed by atoms with van der Waals surface area (Å²) < 4.78 is 0. The Bertz CT molecular complexity index is 950. The highest BCUT2D eigenvalue weighted by molar-refractivity contribution is 5.85. The molecular formula is C19H17N5. The first-order valence-electron chi connectivity index (χ1n) is 7.78. The van der Waals surface area contributed by atoms with E-state index in [2.05, 4.69) is 50.1 Å². The molecule has 0 unspecified atom stereocenters. The van der Waals surface area contributed by atoms with Gasteiger partial charge in [-0.25, -0.2) is 4.85 Å². The van der Waals surface area contributed by atoms with Crippen LogP contribution in [0.1, 0.15) is 5.69 Å². The zero-order valence-electron chi connectivity index (χ0n) is 13.6. The normalized spacial score (nSPS) is 13.0. The van der Waals surface area contributed by atoms with E-state index in [0.717, 1.165) is 35.0 Å². The number of rotatable bonds is 2. The summed E-state index contributed by atoms with van der Waals surface area (Å²) >= 11 is 0. The minimum Gasteiger partial charge on any atom is -0.355 e. The molecule has 0 spiro atoms. The van der Waals surface area contributed by atoms with Gasteiger partial charge in [0.05, 0.1) is 30.3 Å². The van der Waals surface area contributed by atoms with Crippen molar-refractivity contribution >= 4 is 22.7 Å². The van der Waals surface area contributed by atoms with Crippen LogP contribution in [0.15, 0.2) is 48.5 Å². The summed E-state index contributed by atoms with van der Waals surface area (Å²) in [7, 11) is 2.08. The van der Waals surface area contributed by atoms with Crippen LogP contribution in [0.2, 0.25) is 0 Å². The zero-order chi connectivity index (χ0) is 16.7. The van der Waals surface area contributed by atoms with Crippen molar-refractivity contribution in [3.05, 3.63) is 65.6 Å². The number of aromatic nitrogens is 2. The summed E-state index contributed by atoms with van der Waals surface area (Å²) in [5.74, 6) is 0. The van der Waals surface area contributed by atoms with Crippen LogP contribution in [0, 0.1) is 13.5 Å². The maximum absolute atomic E-state index is 7.43. The van der Waals surface area contributed by atoms with E-state index in [0.29, 0.717) is 5.69 Å². The summed E-state index contributed by atoms with van der Waals surface area (Å²) in [6.45, 7) is 10.2. The number of hydrogen-bond donors (Lipinski definition) is 1. The molecule has 0 radical (unpaired) electrons. The average molecular weight is 315 g/mol. The number of nitrogens with one attached hydrogen (secondary N) is 1. The van der Waals surface area contributed by atoms with Gasteiger partial charge in [0.25, 0.3) is 0 Å². The Morgan fingerprint density at radius 1 is 1.12 bits per heavy atom. The number of anilines is 3. The van der Waals surface area contributed by atoms with Crippen molar-refractivity contribution in [2.45, 2.75) is 6.92 Å². The number of nitrogens with zero attached hydrogens (tertiary/aromatic N) is 4. The van der Waals surface area contributed by atoms with E-state index in [-0.39, 0.29) is 0 Å². The van der Waals surface area contributed by atoms with E-state index >= 15 is 0 Å². The van der Waals surface area contributed by atoms with Crippen LogP contribution in [0.5, 0.6) is 0 Å². The molecule has 1 aromatic heterocycles. The lowest BCUT2D eigenvalue weighted by Crippen LogP contribution is -2.23. The van der Waals surface area contributed by atoms with Crippen LogP contribution in [0.4, 0.5) is 22.7 Å². The Morgan fingerprint density at radius 3 is 2.62 bits per heavy atom. The summed E-state index contributed by atoms with van der Waals surface area (Å²) in [4.78, 5) is 8.08. The van der Waals surface area contributed by atoms with Gasteiger partial charge in [-0.15, -0.1) is 0 Å². The van der Waals surface area contributed by atoms with E-state index in [9.17, 15) is 0 Å². The summed E-state index contributed by atoms with van der Waals surface area (Å²) in [6, 6.07) is 16.2. The first-order valence-corrected chi connectivity index (χ1v) is 7.78. The van der Waals surface area contributed by atoms with Crippen LogP contribution in [-0.2, 0) is 0 Å². The second kappa shape index (κ2) is 5.43. The van der Waals surface area contributed by atoms with Gasteiger partial charge in [0, 0.05) is 18.4 Å². The van der Waals surface area contributed by atoms with Crippen molar-refractivity contribution in [3.8, 4) is 11.3 Å². The third-order valence-corrected chi connectivity index (χ3v) is 4.28. The molecule has 3 aromatic rings. The number of benzene rings is 2. The third kappa shape index (κ3) is 2.29. The SMILES string of the molecule is [C-]#[N+]c1cc(-c2cc(C)[nH]n2)cc(N2CN(C)c3ccccc32)c1. The van der Waals surface area contributed by atoms with Crippen LogP contribution >= 0.6 is 0 Å². The fourth-order valence-corrected chi connectivity index (χ4v) is 3.13. The van der Waals surface area contributed by atoms with Crippen molar-refractivity contribution in [1.29, 1.82) is 0 Å². The number of aryl methyl sites for hydroxylation is 1. The zero-order valence-corrected chi connectivity index (χ0v) is 13.6. The maximum atomic E-state index is 7.43. The van der Waals surface area contributed by atoms with Crippen molar-refractivity contribution in [3.63, 3.8) is 0 Å². The second-order valence-corrected chi connectivity index (χ2v) is 6.04. The molecule has 0 aliphatic carbocycles. The Balaban J connectivity index is 1.83. The average Bonchev–Trinajstić information content (AvgIpc) is 3.19. The highest BCUT2D eigenvalue weighted by atomic mass is 15.4. The highest BCUT2D eigenvalue weighted by Gasteiger charge is 2.24. The molecule has 1 aliphatic rings. The number of fused-ring (bicyclic) bond motifs is 1. The molecule has 0 atom stereocenters. The van der Waals surface area contributed by atoms with Gasteiger partial charge in [-0.3, -0.25) is 5.10 Å². The first kappa shape index (κ1) is 14.3. The maximum Gasteiger partial charge on any atom is 0.189 e. The number of hydrogen-bond acceptors (Lipinski definition) is 3. The molecule has 1 aliphatic heterocycles. The molecule has 5 heteroatoms. The molecule has 0 saturated heterocycles. The largest absolute Gasteiger partial charge is 0.355 e. The van der Waals surface area contributed by atoms with E-state index in [1.807, 2.05) is 37.3 Å². The number of aromatic amines is 1. The highest BCUT2D eigenvalue weighted by Crippen LogP contribution is 2.41. The summed E-state index contributed by atoms with van der Waals surface area (Å²) in [5, 5.41) is 7.30. The molecular weight excluding hydrogens is 298 g/mol. The minimum atomic E-state index is 0.621. The van der Waals surface area contributed by atoms with E-state index < -0.39 is 0 Å². The van der Waals surface area contributed by atoms with Crippen LogP contribution in [0.25, 0.3) is 16.1 Å². The van der Waals surface area contributed by atoms with Crippen LogP contribution < -0.4 is 9.80 Å². The van der Waals surface area contributed by atoms with Gasteiger partial charge in [0.2, 0.25) is 0 Å². The molecule has 0 bridgehead atoms. The molecule has 2 heterocycles. The Morgan fingerprint density at radius 2 is 1.92 bits per heavy atom. The predicted octanol–water partition coefficient (Wildman–Crippen LogP) is 4.48. The van der Waals surface area contributed by atoms with Crippen molar-refractivity contribution in [2.24, 2.45) is 0 Å². The molecule has 118 valence electrons. The Hall–Kier alpha value is -3.26. The fourth-order valence-electron chi connectivity index (χ4n) is 3.13. The Labute approximate surface area is 141 Å². The van der Waals surface area contributed by atoms with E-state index in [4.69, 9.17) is 6.57 Å². The van der Waals surface area contributed by atoms with Crippen molar-refractivity contribution < 1.29 is 0 Å². The third-order valence-electron chi connectivity index (χ3n) is 4.28. The molecule has 2 aromatic carbocycles. The smallest absolute Gasteiger partial charge is 0.189 e. The summed E-state index contributed by atoms with van der Waals surface area (Å²) in [6.07, 6.45) is 0. The van der Waals surface area contributed by atoms with E-state index in [1.165, 1.54) is 5.69 Å². The predicted molar refractivity (Wildman–Crippen MR) is 96.9 cm³/mol. The van der Waals surface area contributed by atoms with Crippen molar-refractivity contribution in [2.75, 3.05) is 23.5 Å². The van der Waals surface area contributed by atoms with Gasteiger partial charge >= 0.3 is 0 Å². The lowest BCUT2D eigenvalue weighted by molar-refractivity contribution is 0.950. The number of H-pyrrole nitrogens is 1. The fraction of sp³-hybridized carbons (Fsp3) is 0.158. The second-order valence-electron chi connectivity index (χ2n) is 6.04. The van der Waals surface area contributed by atoms with Gasteiger partial charge in [-0.1, -0.05) is 12.1 Å².